The Labute approximate surface area is 374 Å². The average molecular weight is 854 g/mol. The first-order valence-corrected chi connectivity index (χ1v) is 24.5. The molecule has 0 fully saturated rings. The Bertz CT molecular complexity index is 1230. The van der Waals surface area contributed by atoms with Crippen LogP contribution in [-0.4, -0.2) is 75.5 Å². The number of carboxylic acids is 1. The fourth-order valence-corrected chi connectivity index (χ4v) is 6.84. The molecule has 0 aliphatic rings. The van der Waals surface area contributed by atoms with E-state index in [-0.39, 0.29) is 42.7 Å². The second-order valence-electron chi connectivity index (χ2n) is 17.4. The van der Waals surface area contributed by atoms with Crippen LogP contribution in [0.4, 0.5) is 0 Å². The number of esters is 2. The molecule has 350 valence electrons. The predicted molar refractivity (Wildman–Crippen MR) is 254 cm³/mol. The molecule has 0 aromatic heterocycles. The number of quaternary nitrogens is 1. The maximum Gasteiger partial charge on any atom is 0.306 e. The maximum absolute atomic E-state index is 12.8. The predicted octanol–water partition coefficient (Wildman–Crippen LogP) is 12.6. The average Bonchev–Trinajstić information content (AvgIpc) is 3.22. The Morgan fingerprint density at radius 3 is 1.49 bits per heavy atom. The normalized spacial score (nSPS) is 13.5. The van der Waals surface area contributed by atoms with Crippen LogP contribution in [0.3, 0.4) is 0 Å². The van der Waals surface area contributed by atoms with Crippen LogP contribution >= 0.6 is 0 Å². The maximum atomic E-state index is 12.8. The number of carbonyl (C=O) groups is 3. The third kappa shape index (κ3) is 41.9. The second-order valence-corrected chi connectivity index (χ2v) is 17.4. The summed E-state index contributed by atoms with van der Waals surface area (Å²) in [6.45, 7) is 4.49. The molecule has 0 rings (SSSR count). The third-order valence-corrected chi connectivity index (χ3v) is 10.6. The van der Waals surface area contributed by atoms with Crippen LogP contribution in [0.1, 0.15) is 194 Å². The fraction of sp³-hybridized carbons (Fsp3) is 0.717. The van der Waals surface area contributed by atoms with Crippen molar-refractivity contribution in [2.45, 2.75) is 206 Å². The van der Waals surface area contributed by atoms with Gasteiger partial charge >= 0.3 is 11.9 Å². The van der Waals surface area contributed by atoms with Crippen LogP contribution < -0.4 is 5.11 Å². The number of hydrogen-bond donors (Lipinski definition) is 0. The first-order valence-electron chi connectivity index (χ1n) is 24.5. The lowest BCUT2D eigenvalue weighted by molar-refractivity contribution is -0.889. The summed E-state index contributed by atoms with van der Waals surface area (Å²) in [6.07, 6.45) is 54.9. The van der Waals surface area contributed by atoms with Crippen molar-refractivity contribution in [2.75, 3.05) is 41.0 Å². The number of rotatable bonds is 43. The van der Waals surface area contributed by atoms with Crippen molar-refractivity contribution in [1.82, 2.24) is 0 Å². The van der Waals surface area contributed by atoms with Gasteiger partial charge in [-0.2, -0.15) is 0 Å². The SMILES string of the molecule is CC/C=C/C=C/C=C/CCCCCCCCCC(=O)OCC(COCCC(C(=O)[O-])[N+](C)(C)C)OC(=O)CCCCCCCCCCC/C=C/C/C=C/C/C=C/CCCCC. The van der Waals surface area contributed by atoms with Gasteiger partial charge in [0, 0.05) is 19.3 Å². The van der Waals surface area contributed by atoms with Crippen molar-refractivity contribution in [1.29, 1.82) is 0 Å². The van der Waals surface area contributed by atoms with Crippen molar-refractivity contribution in [3.8, 4) is 0 Å². The molecule has 0 amide bonds. The van der Waals surface area contributed by atoms with E-state index in [9.17, 15) is 19.5 Å². The van der Waals surface area contributed by atoms with E-state index < -0.39 is 18.1 Å². The molecule has 0 aliphatic heterocycles. The molecule has 0 radical (unpaired) electrons. The molecule has 0 saturated carbocycles. The van der Waals surface area contributed by atoms with Gasteiger partial charge in [-0.15, -0.1) is 0 Å². The molecule has 0 aromatic rings. The summed E-state index contributed by atoms with van der Waals surface area (Å²) in [5, 5.41) is 11.6. The molecule has 2 atom stereocenters. The van der Waals surface area contributed by atoms with E-state index in [2.05, 4.69) is 86.8 Å². The standard InChI is InChI=1S/C53H91NO7/c1-6-8-10-12-14-16-18-20-22-23-24-25-26-27-28-30-32-34-36-38-40-42-44-52(56)61-49(47-59-46-45-50(53(57)58)54(3,4)5)48-60-51(55)43-41-39-37-35-33-31-29-21-19-17-15-13-11-9-7-2/h9,11,13-17,19-20,22,24-25,49-50H,6-8,10,12,18,21,23,26-48H2,1-5H3/b11-9+,15-13+,16-14+,19-17+,22-20+,25-24+. The summed E-state index contributed by atoms with van der Waals surface area (Å²) in [7, 11) is 5.40. The van der Waals surface area contributed by atoms with Gasteiger partial charge in [0.1, 0.15) is 12.6 Å². The zero-order valence-electron chi connectivity index (χ0n) is 39.8. The monoisotopic (exact) mass is 854 g/mol. The molecule has 2 unspecified atom stereocenters. The first kappa shape index (κ1) is 57.8. The number of unbranched alkanes of at least 4 members (excludes halogenated alkanes) is 19. The summed E-state index contributed by atoms with van der Waals surface area (Å²) in [5.41, 5.74) is 0. The highest BCUT2D eigenvalue weighted by molar-refractivity contribution is 5.70. The van der Waals surface area contributed by atoms with Crippen LogP contribution in [-0.2, 0) is 28.6 Å². The molecule has 8 nitrogen and oxygen atoms in total. The summed E-state index contributed by atoms with van der Waals surface area (Å²) < 4.78 is 17.2. The number of likely N-dealkylation sites (N-methyl/N-ethyl adjacent to an activating group) is 1. The van der Waals surface area contributed by atoms with Crippen LogP contribution in [0.5, 0.6) is 0 Å². The van der Waals surface area contributed by atoms with Crippen LogP contribution in [0.15, 0.2) is 72.9 Å². The molecule has 8 heteroatoms. The first-order chi connectivity index (χ1) is 29.6. The summed E-state index contributed by atoms with van der Waals surface area (Å²) in [5.74, 6) is -1.76. The van der Waals surface area contributed by atoms with Gasteiger partial charge in [0.25, 0.3) is 0 Å². The number of carboxylic acid groups (broad SMARTS) is 1. The Kier molecular flexibility index (Phi) is 41.1. The summed E-state index contributed by atoms with van der Waals surface area (Å²) in [4.78, 5) is 37.0. The second kappa shape index (κ2) is 43.4. The van der Waals surface area contributed by atoms with Gasteiger partial charge in [0.15, 0.2) is 6.10 Å². The van der Waals surface area contributed by atoms with Crippen molar-refractivity contribution in [2.24, 2.45) is 0 Å². The van der Waals surface area contributed by atoms with Gasteiger partial charge in [-0.25, -0.2) is 0 Å². The van der Waals surface area contributed by atoms with Crippen LogP contribution in [0, 0.1) is 0 Å². The number of allylic oxidation sites excluding steroid dienone is 12. The lowest BCUT2D eigenvalue weighted by Gasteiger charge is -2.34. The number of hydrogen-bond acceptors (Lipinski definition) is 7. The molecule has 0 spiro atoms. The molecular weight excluding hydrogens is 763 g/mol. The molecule has 0 aliphatic carbocycles. The molecule has 0 aromatic carbocycles. The highest BCUT2D eigenvalue weighted by atomic mass is 16.6. The third-order valence-electron chi connectivity index (χ3n) is 10.6. The van der Waals surface area contributed by atoms with Gasteiger partial charge in [0.05, 0.1) is 40.3 Å². The van der Waals surface area contributed by atoms with Crippen molar-refractivity contribution >= 4 is 17.9 Å². The largest absolute Gasteiger partial charge is 0.544 e. The molecule has 0 N–H and O–H groups in total. The number of carbonyl (C=O) groups excluding carboxylic acids is 3. The van der Waals surface area contributed by atoms with E-state index in [0.717, 1.165) is 77.0 Å². The molecule has 0 bridgehead atoms. The molecular formula is C53H91NO7. The van der Waals surface area contributed by atoms with Crippen LogP contribution in [0.2, 0.25) is 0 Å². The minimum atomic E-state index is -1.13. The van der Waals surface area contributed by atoms with E-state index in [4.69, 9.17) is 14.2 Å². The van der Waals surface area contributed by atoms with Gasteiger partial charge in [-0.3, -0.25) is 9.59 Å². The Morgan fingerprint density at radius 1 is 0.525 bits per heavy atom. The zero-order chi connectivity index (χ0) is 44.9. The Hall–Kier alpha value is -3.23. The summed E-state index contributed by atoms with van der Waals surface area (Å²) >= 11 is 0. The van der Waals surface area contributed by atoms with E-state index in [1.807, 2.05) is 0 Å². The molecule has 0 saturated heterocycles. The van der Waals surface area contributed by atoms with Crippen LogP contribution in [0.25, 0.3) is 0 Å². The van der Waals surface area contributed by atoms with Crippen molar-refractivity contribution in [3.05, 3.63) is 72.9 Å². The van der Waals surface area contributed by atoms with Gasteiger partial charge in [0.2, 0.25) is 0 Å². The minimum Gasteiger partial charge on any atom is -0.544 e. The van der Waals surface area contributed by atoms with Crippen molar-refractivity contribution in [3.63, 3.8) is 0 Å². The molecule has 0 heterocycles. The number of nitrogens with zero attached hydrogens (tertiary/aromatic N) is 1. The van der Waals surface area contributed by atoms with Gasteiger partial charge in [-0.1, -0.05) is 177 Å². The highest BCUT2D eigenvalue weighted by Gasteiger charge is 2.25. The highest BCUT2D eigenvalue weighted by Crippen LogP contribution is 2.14. The lowest BCUT2D eigenvalue weighted by Crippen LogP contribution is -2.55. The Morgan fingerprint density at radius 2 is 0.984 bits per heavy atom. The lowest BCUT2D eigenvalue weighted by atomic mass is 10.1. The van der Waals surface area contributed by atoms with Crippen molar-refractivity contribution < 1.29 is 38.2 Å². The zero-order valence-corrected chi connectivity index (χ0v) is 39.8. The quantitative estimate of drug-likeness (QED) is 0.0198. The van der Waals surface area contributed by atoms with Gasteiger partial charge in [-0.05, 0) is 70.6 Å². The minimum absolute atomic E-state index is 0.0315. The fourth-order valence-electron chi connectivity index (χ4n) is 6.84. The Balaban J connectivity index is 4.29. The summed E-state index contributed by atoms with van der Waals surface area (Å²) in [6, 6.07) is -0.732. The van der Waals surface area contributed by atoms with E-state index in [1.165, 1.54) is 83.5 Å². The number of aliphatic carboxylic acids is 1. The topological polar surface area (TPSA) is 102 Å². The van der Waals surface area contributed by atoms with Gasteiger partial charge < -0.3 is 28.6 Å². The van der Waals surface area contributed by atoms with E-state index in [1.54, 1.807) is 21.1 Å². The smallest absolute Gasteiger partial charge is 0.306 e. The number of ether oxygens (including phenoxy) is 3. The van der Waals surface area contributed by atoms with E-state index >= 15 is 0 Å². The molecule has 61 heavy (non-hydrogen) atoms. The van der Waals surface area contributed by atoms with E-state index in [0.29, 0.717) is 12.8 Å².